The summed E-state index contributed by atoms with van der Waals surface area (Å²) in [7, 11) is 0. The second-order valence-corrected chi connectivity index (χ2v) is 7.81. The molecule has 27 heavy (non-hydrogen) atoms. The van der Waals surface area contributed by atoms with Gasteiger partial charge in [-0.15, -0.1) is 0 Å². The normalized spacial score (nSPS) is 22.1. The van der Waals surface area contributed by atoms with Crippen LogP contribution in [-0.2, 0) is 15.1 Å². The maximum atomic E-state index is 13.1. The van der Waals surface area contributed by atoms with Gasteiger partial charge < -0.3 is 10.2 Å². The minimum absolute atomic E-state index is 0.171. The van der Waals surface area contributed by atoms with E-state index in [2.05, 4.69) is 5.32 Å². The molecule has 0 unspecified atom stereocenters. The molecule has 6 nitrogen and oxygen atoms in total. The molecule has 1 atom stereocenters. The number of imide groups is 1. The second kappa shape index (κ2) is 7.89. The smallest absolute Gasteiger partial charge is 0.325 e. The highest BCUT2D eigenvalue weighted by atomic mass is 35.5. The molecule has 0 aromatic heterocycles. The molecular formula is C20H26ClN3O3. The monoisotopic (exact) mass is 391 g/mol. The van der Waals surface area contributed by atoms with Gasteiger partial charge in [0.1, 0.15) is 12.1 Å². The highest BCUT2D eigenvalue weighted by Crippen LogP contribution is 2.33. The largest absolute Gasteiger partial charge is 0.341 e. The maximum absolute atomic E-state index is 13.1. The Labute approximate surface area is 164 Å². The molecule has 7 heteroatoms. The van der Waals surface area contributed by atoms with Gasteiger partial charge in [0.15, 0.2) is 0 Å². The van der Waals surface area contributed by atoms with E-state index in [4.69, 9.17) is 11.6 Å². The fourth-order valence-electron chi connectivity index (χ4n) is 3.58. The highest BCUT2D eigenvalue weighted by Gasteiger charge is 2.51. The summed E-state index contributed by atoms with van der Waals surface area (Å²) in [5, 5.41) is 3.37. The van der Waals surface area contributed by atoms with Crippen molar-refractivity contribution in [3.8, 4) is 0 Å². The lowest BCUT2D eigenvalue weighted by molar-refractivity contribution is -0.139. The average molecular weight is 392 g/mol. The van der Waals surface area contributed by atoms with Gasteiger partial charge in [-0.1, -0.05) is 37.6 Å². The number of urea groups is 1. The molecule has 1 N–H and O–H groups in total. The summed E-state index contributed by atoms with van der Waals surface area (Å²) in [4.78, 5) is 41.3. The van der Waals surface area contributed by atoms with Crippen molar-refractivity contribution in [3.63, 3.8) is 0 Å². The Balaban J connectivity index is 1.78. The average Bonchev–Trinajstić information content (AvgIpc) is 3.44. The number of halogens is 1. The van der Waals surface area contributed by atoms with E-state index in [1.54, 1.807) is 29.2 Å². The Morgan fingerprint density at radius 1 is 1.26 bits per heavy atom. The Kier molecular flexibility index (Phi) is 5.75. The molecule has 146 valence electrons. The SMILES string of the molecule is CCCN(CC1CC1)C(=O)CN1C(=O)N[C@](CC)(c2ccc(Cl)cc2)C1=O. The number of benzene rings is 1. The minimum atomic E-state index is -1.14. The van der Waals surface area contributed by atoms with Crippen molar-refractivity contribution < 1.29 is 14.4 Å². The molecule has 1 aromatic carbocycles. The molecule has 3 rings (SSSR count). The summed E-state index contributed by atoms with van der Waals surface area (Å²) < 4.78 is 0. The molecular weight excluding hydrogens is 366 g/mol. The minimum Gasteiger partial charge on any atom is -0.341 e. The fraction of sp³-hybridized carbons (Fsp3) is 0.550. The number of rotatable bonds is 8. The van der Waals surface area contributed by atoms with E-state index >= 15 is 0 Å². The zero-order chi connectivity index (χ0) is 19.6. The number of nitrogens with zero attached hydrogens (tertiary/aromatic N) is 2. The fourth-order valence-corrected chi connectivity index (χ4v) is 3.70. The number of amides is 4. The van der Waals surface area contributed by atoms with Gasteiger partial charge in [-0.2, -0.15) is 0 Å². The number of nitrogens with one attached hydrogen (secondary N) is 1. The molecule has 4 amide bonds. The van der Waals surface area contributed by atoms with Crippen LogP contribution < -0.4 is 5.32 Å². The van der Waals surface area contributed by atoms with E-state index in [1.165, 1.54) is 0 Å². The van der Waals surface area contributed by atoms with E-state index in [-0.39, 0.29) is 18.4 Å². The van der Waals surface area contributed by atoms with Crippen LogP contribution >= 0.6 is 11.6 Å². The molecule has 0 spiro atoms. The summed E-state index contributed by atoms with van der Waals surface area (Å²) in [6.07, 6.45) is 3.53. The summed E-state index contributed by atoms with van der Waals surface area (Å²) >= 11 is 5.95. The molecule has 2 fully saturated rings. The van der Waals surface area contributed by atoms with Crippen molar-refractivity contribution in [1.29, 1.82) is 0 Å². The number of carbonyl (C=O) groups excluding carboxylic acids is 3. The molecule has 1 heterocycles. The molecule has 1 aliphatic heterocycles. The third-order valence-electron chi connectivity index (χ3n) is 5.36. The van der Waals surface area contributed by atoms with E-state index in [0.717, 1.165) is 24.2 Å². The molecule has 1 saturated heterocycles. The maximum Gasteiger partial charge on any atom is 0.325 e. The van der Waals surface area contributed by atoms with E-state index in [1.807, 2.05) is 13.8 Å². The molecule has 2 aliphatic rings. The van der Waals surface area contributed by atoms with Gasteiger partial charge in [-0.25, -0.2) is 4.79 Å². The first-order chi connectivity index (χ1) is 12.9. The zero-order valence-electron chi connectivity index (χ0n) is 15.8. The molecule has 1 aromatic rings. The molecule has 0 radical (unpaired) electrons. The Hall–Kier alpha value is -2.08. The van der Waals surface area contributed by atoms with Gasteiger partial charge >= 0.3 is 6.03 Å². The van der Waals surface area contributed by atoms with Gasteiger partial charge in [-0.05, 0) is 49.3 Å². The van der Waals surface area contributed by atoms with Crippen LogP contribution in [0.4, 0.5) is 4.79 Å². The molecule has 0 bridgehead atoms. The highest BCUT2D eigenvalue weighted by molar-refractivity contribution is 6.30. The van der Waals surface area contributed by atoms with Crippen molar-refractivity contribution in [2.24, 2.45) is 5.92 Å². The van der Waals surface area contributed by atoms with Gasteiger partial charge in [0.05, 0.1) is 0 Å². The van der Waals surface area contributed by atoms with Crippen LogP contribution in [0.25, 0.3) is 0 Å². The summed E-state index contributed by atoms with van der Waals surface area (Å²) in [6, 6.07) is 6.35. The summed E-state index contributed by atoms with van der Waals surface area (Å²) in [5.41, 5.74) is -0.473. The summed E-state index contributed by atoms with van der Waals surface area (Å²) in [5.74, 6) is 0.0104. The first-order valence-electron chi connectivity index (χ1n) is 9.59. The zero-order valence-corrected chi connectivity index (χ0v) is 16.6. The first-order valence-corrected chi connectivity index (χ1v) is 9.97. The molecule has 1 saturated carbocycles. The number of hydrogen-bond donors (Lipinski definition) is 1. The predicted octanol–water partition coefficient (Wildman–Crippen LogP) is 3.15. The third-order valence-corrected chi connectivity index (χ3v) is 5.61. The topological polar surface area (TPSA) is 69.7 Å². The third kappa shape index (κ3) is 3.95. The number of carbonyl (C=O) groups is 3. The van der Waals surface area contributed by atoms with Gasteiger partial charge in [-0.3, -0.25) is 14.5 Å². The van der Waals surface area contributed by atoms with Gasteiger partial charge in [0, 0.05) is 18.1 Å². The lowest BCUT2D eigenvalue weighted by atomic mass is 9.87. The predicted molar refractivity (Wildman–Crippen MR) is 103 cm³/mol. The Bertz CT molecular complexity index is 732. The summed E-state index contributed by atoms with van der Waals surface area (Å²) in [6.45, 7) is 5.01. The quantitative estimate of drug-likeness (QED) is 0.692. The van der Waals surface area contributed by atoms with E-state index < -0.39 is 11.6 Å². The van der Waals surface area contributed by atoms with Crippen LogP contribution in [0.15, 0.2) is 24.3 Å². The van der Waals surface area contributed by atoms with Crippen LogP contribution in [-0.4, -0.2) is 47.3 Å². The second-order valence-electron chi connectivity index (χ2n) is 7.37. The van der Waals surface area contributed by atoms with Crippen LogP contribution in [0.5, 0.6) is 0 Å². The Morgan fingerprint density at radius 2 is 1.93 bits per heavy atom. The van der Waals surface area contributed by atoms with Crippen molar-refractivity contribution in [1.82, 2.24) is 15.1 Å². The van der Waals surface area contributed by atoms with Crippen molar-refractivity contribution >= 4 is 29.4 Å². The van der Waals surface area contributed by atoms with Crippen LogP contribution in [0.1, 0.15) is 45.1 Å². The van der Waals surface area contributed by atoms with Crippen LogP contribution in [0.3, 0.4) is 0 Å². The van der Waals surface area contributed by atoms with Gasteiger partial charge in [0.2, 0.25) is 5.91 Å². The van der Waals surface area contributed by atoms with Crippen molar-refractivity contribution in [3.05, 3.63) is 34.9 Å². The van der Waals surface area contributed by atoms with Crippen molar-refractivity contribution in [2.45, 2.75) is 45.1 Å². The van der Waals surface area contributed by atoms with E-state index in [9.17, 15) is 14.4 Å². The first kappa shape index (κ1) is 19.7. The van der Waals surface area contributed by atoms with E-state index in [0.29, 0.717) is 36.0 Å². The van der Waals surface area contributed by atoms with Crippen LogP contribution in [0, 0.1) is 5.92 Å². The van der Waals surface area contributed by atoms with Crippen molar-refractivity contribution in [2.75, 3.05) is 19.6 Å². The number of hydrogen-bond acceptors (Lipinski definition) is 3. The van der Waals surface area contributed by atoms with Crippen LogP contribution in [0.2, 0.25) is 5.02 Å². The molecule has 1 aliphatic carbocycles. The van der Waals surface area contributed by atoms with Gasteiger partial charge in [0.25, 0.3) is 5.91 Å². The lowest BCUT2D eigenvalue weighted by Crippen LogP contribution is -2.46. The standard InChI is InChI=1S/C20H26ClN3O3/c1-3-11-23(12-14-5-6-14)17(25)13-24-18(26)20(4-2,22-19(24)27)15-7-9-16(21)10-8-15/h7-10,14H,3-6,11-13H2,1-2H3,(H,22,27)/t20-/m1/s1. The lowest BCUT2D eigenvalue weighted by Gasteiger charge is -2.27. The Morgan fingerprint density at radius 3 is 2.48 bits per heavy atom.